The molecular weight excluding hydrogens is 422 g/mol. The highest BCUT2D eigenvalue weighted by Gasteiger charge is 2.31. The van der Waals surface area contributed by atoms with Gasteiger partial charge in [-0.2, -0.15) is 0 Å². The van der Waals surface area contributed by atoms with Crippen LogP contribution in [0, 0.1) is 0 Å². The molecule has 0 bridgehead atoms. The van der Waals surface area contributed by atoms with Crippen LogP contribution in [-0.2, 0) is 21.4 Å². The van der Waals surface area contributed by atoms with Gasteiger partial charge in [-0.25, -0.2) is 8.42 Å². The van der Waals surface area contributed by atoms with E-state index in [1.54, 1.807) is 24.3 Å². The van der Waals surface area contributed by atoms with E-state index in [2.05, 4.69) is 28.9 Å². The van der Waals surface area contributed by atoms with Gasteiger partial charge in [0.1, 0.15) is 6.04 Å². The molecule has 1 heterocycles. The monoisotopic (exact) mass is 449 g/mol. The molecule has 0 aliphatic heterocycles. The first-order valence-corrected chi connectivity index (χ1v) is 12.6. The number of aryl methyl sites for hydroxylation is 1. The Morgan fingerprint density at radius 1 is 0.938 bits per heavy atom. The van der Waals surface area contributed by atoms with Crippen molar-refractivity contribution in [3.8, 4) is 0 Å². The minimum atomic E-state index is -3.66. The standard InChI is InChI=1S/C25H27N3O3S/c1-4-22(28(32(3,30)31)19-11-7-6-8-12-19)25(29)26-18-15-16-24-21(17-18)20-13-9-10-14-23(20)27(24)5-2/h6-17,22H,4-5H2,1-3H3,(H,26,29)/t22-/m1/s1. The van der Waals surface area contributed by atoms with Crippen LogP contribution in [0.1, 0.15) is 20.3 Å². The normalized spacial score (nSPS) is 12.7. The SMILES string of the molecule is CC[C@H](C(=O)Nc1ccc2c(c1)c1ccccc1n2CC)N(c1ccccc1)S(C)(=O)=O. The predicted molar refractivity (Wildman–Crippen MR) is 132 cm³/mol. The summed E-state index contributed by atoms with van der Waals surface area (Å²) >= 11 is 0. The van der Waals surface area contributed by atoms with Crippen LogP contribution in [0.2, 0.25) is 0 Å². The molecule has 0 aliphatic rings. The molecular formula is C25H27N3O3S. The molecule has 3 aromatic carbocycles. The summed E-state index contributed by atoms with van der Waals surface area (Å²) in [5.74, 6) is -0.361. The lowest BCUT2D eigenvalue weighted by Gasteiger charge is -2.30. The van der Waals surface area contributed by atoms with Crippen LogP contribution in [0.4, 0.5) is 11.4 Å². The smallest absolute Gasteiger partial charge is 0.248 e. The summed E-state index contributed by atoms with van der Waals surface area (Å²) in [5.41, 5.74) is 3.35. The largest absolute Gasteiger partial charge is 0.341 e. The minimum absolute atomic E-state index is 0.338. The van der Waals surface area contributed by atoms with Gasteiger partial charge in [-0.1, -0.05) is 43.3 Å². The minimum Gasteiger partial charge on any atom is -0.341 e. The zero-order chi connectivity index (χ0) is 22.9. The summed E-state index contributed by atoms with van der Waals surface area (Å²) in [6.45, 7) is 4.76. The van der Waals surface area contributed by atoms with Crippen molar-refractivity contribution in [2.75, 3.05) is 15.9 Å². The molecule has 7 heteroatoms. The van der Waals surface area contributed by atoms with E-state index in [-0.39, 0.29) is 5.91 Å². The zero-order valence-corrected chi connectivity index (χ0v) is 19.3. The van der Waals surface area contributed by atoms with Gasteiger partial charge in [-0.3, -0.25) is 9.10 Å². The molecule has 166 valence electrons. The van der Waals surface area contributed by atoms with Crippen molar-refractivity contribution >= 4 is 49.1 Å². The van der Waals surface area contributed by atoms with Gasteiger partial charge in [0.05, 0.1) is 11.9 Å². The first-order chi connectivity index (χ1) is 15.3. The molecule has 0 saturated carbocycles. The molecule has 4 aromatic rings. The average molecular weight is 450 g/mol. The molecule has 0 aliphatic carbocycles. The molecule has 1 N–H and O–H groups in total. The van der Waals surface area contributed by atoms with E-state index in [1.807, 2.05) is 43.3 Å². The van der Waals surface area contributed by atoms with E-state index in [0.29, 0.717) is 17.8 Å². The van der Waals surface area contributed by atoms with Gasteiger partial charge in [0.15, 0.2) is 0 Å². The third-order valence-electron chi connectivity index (χ3n) is 5.70. The maximum Gasteiger partial charge on any atom is 0.248 e. The lowest BCUT2D eigenvalue weighted by molar-refractivity contribution is -0.117. The Morgan fingerprint density at radius 3 is 2.25 bits per heavy atom. The van der Waals surface area contributed by atoms with E-state index in [0.717, 1.165) is 34.6 Å². The van der Waals surface area contributed by atoms with Crippen LogP contribution in [0.5, 0.6) is 0 Å². The summed E-state index contributed by atoms with van der Waals surface area (Å²) in [6.07, 6.45) is 1.47. The highest BCUT2D eigenvalue weighted by atomic mass is 32.2. The summed E-state index contributed by atoms with van der Waals surface area (Å²) < 4.78 is 28.6. The van der Waals surface area contributed by atoms with Crippen LogP contribution >= 0.6 is 0 Å². The van der Waals surface area contributed by atoms with Gasteiger partial charge in [-0.05, 0) is 49.7 Å². The molecule has 0 saturated heterocycles. The van der Waals surface area contributed by atoms with Gasteiger partial charge in [-0.15, -0.1) is 0 Å². The van der Waals surface area contributed by atoms with Crippen molar-refractivity contribution in [3.63, 3.8) is 0 Å². The van der Waals surface area contributed by atoms with Crippen molar-refractivity contribution in [2.45, 2.75) is 32.9 Å². The van der Waals surface area contributed by atoms with Crippen LogP contribution in [-0.4, -0.2) is 31.2 Å². The Bertz CT molecular complexity index is 1380. The summed E-state index contributed by atoms with van der Waals surface area (Å²) in [6, 6.07) is 21.9. The Hall–Kier alpha value is -3.32. The molecule has 32 heavy (non-hydrogen) atoms. The number of amides is 1. The number of para-hydroxylation sites is 2. The van der Waals surface area contributed by atoms with Crippen LogP contribution in [0.3, 0.4) is 0 Å². The first-order valence-electron chi connectivity index (χ1n) is 10.7. The lowest BCUT2D eigenvalue weighted by Crippen LogP contribution is -2.46. The number of nitrogens with one attached hydrogen (secondary N) is 1. The Labute approximate surface area is 188 Å². The van der Waals surface area contributed by atoms with Crippen molar-refractivity contribution in [3.05, 3.63) is 72.8 Å². The maximum absolute atomic E-state index is 13.2. The van der Waals surface area contributed by atoms with Crippen LogP contribution < -0.4 is 9.62 Å². The number of carbonyl (C=O) groups is 1. The highest BCUT2D eigenvalue weighted by molar-refractivity contribution is 7.92. The van der Waals surface area contributed by atoms with Crippen LogP contribution in [0.25, 0.3) is 21.8 Å². The number of benzene rings is 3. The molecule has 0 fully saturated rings. The second-order valence-electron chi connectivity index (χ2n) is 7.80. The van der Waals surface area contributed by atoms with E-state index in [1.165, 1.54) is 4.31 Å². The number of anilines is 2. The fourth-order valence-electron chi connectivity index (χ4n) is 4.33. The molecule has 1 amide bonds. The average Bonchev–Trinajstić information content (AvgIpc) is 3.10. The third kappa shape index (κ3) is 3.96. The summed E-state index contributed by atoms with van der Waals surface area (Å²) in [4.78, 5) is 13.2. The first kappa shape index (κ1) is 21.9. The summed E-state index contributed by atoms with van der Waals surface area (Å²) in [5, 5.41) is 5.12. The molecule has 4 rings (SSSR count). The number of rotatable bonds is 7. The molecule has 1 aromatic heterocycles. The summed E-state index contributed by atoms with van der Waals surface area (Å²) in [7, 11) is -3.66. The van der Waals surface area contributed by atoms with Crippen molar-refractivity contribution < 1.29 is 13.2 Å². The molecule has 1 atom stereocenters. The second-order valence-corrected chi connectivity index (χ2v) is 9.66. The molecule has 0 unspecified atom stereocenters. The van der Waals surface area contributed by atoms with E-state index < -0.39 is 16.1 Å². The fraction of sp³-hybridized carbons (Fsp3) is 0.240. The number of sulfonamides is 1. The van der Waals surface area contributed by atoms with Crippen LogP contribution in [0.15, 0.2) is 72.8 Å². The number of carbonyl (C=O) groups excluding carboxylic acids is 1. The van der Waals surface area contributed by atoms with Gasteiger partial charge < -0.3 is 9.88 Å². The second kappa shape index (κ2) is 8.67. The third-order valence-corrected chi connectivity index (χ3v) is 6.88. The number of aromatic nitrogens is 1. The molecule has 0 radical (unpaired) electrons. The Morgan fingerprint density at radius 2 is 1.59 bits per heavy atom. The van der Waals surface area contributed by atoms with E-state index >= 15 is 0 Å². The van der Waals surface area contributed by atoms with Gasteiger partial charge in [0.25, 0.3) is 0 Å². The zero-order valence-electron chi connectivity index (χ0n) is 18.4. The van der Waals surface area contributed by atoms with Crippen molar-refractivity contribution in [1.82, 2.24) is 4.57 Å². The molecule has 6 nitrogen and oxygen atoms in total. The van der Waals surface area contributed by atoms with Gasteiger partial charge in [0.2, 0.25) is 15.9 Å². The topological polar surface area (TPSA) is 71.4 Å². The van der Waals surface area contributed by atoms with Gasteiger partial charge in [0, 0.05) is 34.0 Å². The number of nitrogens with zero attached hydrogens (tertiary/aromatic N) is 2. The highest BCUT2D eigenvalue weighted by Crippen LogP contribution is 2.31. The van der Waals surface area contributed by atoms with E-state index in [9.17, 15) is 13.2 Å². The van der Waals surface area contributed by atoms with Crippen molar-refractivity contribution in [1.29, 1.82) is 0 Å². The Balaban J connectivity index is 1.71. The van der Waals surface area contributed by atoms with E-state index in [4.69, 9.17) is 0 Å². The number of hydrogen-bond donors (Lipinski definition) is 1. The Kier molecular flexibility index (Phi) is 5.93. The van der Waals surface area contributed by atoms with Gasteiger partial charge >= 0.3 is 0 Å². The fourth-order valence-corrected chi connectivity index (χ4v) is 5.54. The quantitative estimate of drug-likeness (QED) is 0.432. The lowest BCUT2D eigenvalue weighted by atomic mass is 10.1. The predicted octanol–water partition coefficient (Wildman–Crippen LogP) is 5.00. The van der Waals surface area contributed by atoms with Crippen molar-refractivity contribution in [2.24, 2.45) is 0 Å². The number of hydrogen-bond acceptors (Lipinski definition) is 3. The number of fused-ring (bicyclic) bond motifs is 3. The molecule has 0 spiro atoms. The maximum atomic E-state index is 13.2.